The second kappa shape index (κ2) is 7.63. The van der Waals surface area contributed by atoms with Gasteiger partial charge >= 0.3 is 0 Å². The average Bonchev–Trinajstić information content (AvgIpc) is 2.36. The molecule has 0 radical (unpaired) electrons. The Kier molecular flexibility index (Phi) is 6.47. The molecule has 1 amide bonds. The minimum atomic E-state index is 0.154. The van der Waals surface area contributed by atoms with Gasteiger partial charge in [-0.3, -0.25) is 9.69 Å². The lowest BCUT2D eigenvalue weighted by Crippen LogP contribution is -2.46. The predicted molar refractivity (Wildman–Crippen MR) is 68.0 cm³/mol. The van der Waals surface area contributed by atoms with E-state index in [2.05, 4.69) is 17.1 Å². The molecule has 1 N–H and O–H groups in total. The molecular formula is C12H25N3O2. The lowest BCUT2D eigenvalue weighted by Gasteiger charge is -2.29. The van der Waals surface area contributed by atoms with Crippen LogP contribution in [-0.2, 0) is 9.53 Å². The summed E-state index contributed by atoms with van der Waals surface area (Å²) >= 11 is 0. The van der Waals surface area contributed by atoms with Crippen LogP contribution in [0.15, 0.2) is 0 Å². The number of amides is 1. The SMILES string of the molecule is CCN(C)C(=O)CNC(C)CN1CCOCC1. The van der Waals surface area contributed by atoms with Crippen LogP contribution in [-0.4, -0.2) is 74.7 Å². The number of hydrogen-bond acceptors (Lipinski definition) is 4. The molecule has 0 saturated carbocycles. The third-order valence-electron chi connectivity index (χ3n) is 3.14. The topological polar surface area (TPSA) is 44.8 Å². The van der Waals surface area contributed by atoms with E-state index in [0.29, 0.717) is 12.6 Å². The third-order valence-corrected chi connectivity index (χ3v) is 3.14. The van der Waals surface area contributed by atoms with Crippen molar-refractivity contribution < 1.29 is 9.53 Å². The van der Waals surface area contributed by atoms with Crippen LogP contribution in [0.4, 0.5) is 0 Å². The molecule has 100 valence electrons. The van der Waals surface area contributed by atoms with Crippen LogP contribution < -0.4 is 5.32 Å². The molecule has 0 bridgehead atoms. The molecule has 0 aromatic carbocycles. The van der Waals surface area contributed by atoms with Gasteiger partial charge in [-0.15, -0.1) is 0 Å². The van der Waals surface area contributed by atoms with E-state index in [1.54, 1.807) is 4.90 Å². The number of ether oxygens (including phenoxy) is 1. The molecule has 1 unspecified atom stereocenters. The minimum absolute atomic E-state index is 0.154. The highest BCUT2D eigenvalue weighted by molar-refractivity contribution is 5.77. The van der Waals surface area contributed by atoms with Gasteiger partial charge in [-0.2, -0.15) is 0 Å². The van der Waals surface area contributed by atoms with Crippen molar-refractivity contribution in [2.75, 3.05) is 53.0 Å². The van der Waals surface area contributed by atoms with Crippen LogP contribution in [0.5, 0.6) is 0 Å². The number of rotatable bonds is 6. The van der Waals surface area contributed by atoms with Gasteiger partial charge in [0.1, 0.15) is 0 Å². The quantitative estimate of drug-likeness (QED) is 0.700. The summed E-state index contributed by atoms with van der Waals surface area (Å²) in [5, 5.41) is 3.27. The van der Waals surface area contributed by atoms with E-state index in [9.17, 15) is 4.79 Å². The molecule has 1 atom stereocenters. The van der Waals surface area contributed by atoms with E-state index in [-0.39, 0.29) is 5.91 Å². The van der Waals surface area contributed by atoms with Crippen molar-refractivity contribution in [1.29, 1.82) is 0 Å². The maximum absolute atomic E-state index is 11.6. The van der Waals surface area contributed by atoms with Gasteiger partial charge in [-0.25, -0.2) is 0 Å². The first-order valence-electron chi connectivity index (χ1n) is 6.41. The summed E-state index contributed by atoms with van der Waals surface area (Å²) in [4.78, 5) is 15.7. The van der Waals surface area contributed by atoms with Gasteiger partial charge in [-0.05, 0) is 13.8 Å². The van der Waals surface area contributed by atoms with Crippen LogP contribution in [0.25, 0.3) is 0 Å². The fourth-order valence-corrected chi connectivity index (χ4v) is 1.81. The fraction of sp³-hybridized carbons (Fsp3) is 0.917. The molecule has 1 rings (SSSR count). The van der Waals surface area contributed by atoms with Gasteiger partial charge in [-0.1, -0.05) is 0 Å². The van der Waals surface area contributed by atoms with Gasteiger partial charge < -0.3 is 15.0 Å². The first-order valence-corrected chi connectivity index (χ1v) is 6.41. The van der Waals surface area contributed by atoms with Crippen molar-refractivity contribution in [2.45, 2.75) is 19.9 Å². The van der Waals surface area contributed by atoms with Gasteiger partial charge in [0.15, 0.2) is 0 Å². The maximum atomic E-state index is 11.6. The lowest BCUT2D eigenvalue weighted by molar-refractivity contribution is -0.128. The van der Waals surface area contributed by atoms with Crippen molar-refractivity contribution in [2.24, 2.45) is 0 Å². The first-order chi connectivity index (χ1) is 8.13. The Bertz CT molecular complexity index is 230. The molecule has 1 aliphatic rings. The molecule has 1 heterocycles. The summed E-state index contributed by atoms with van der Waals surface area (Å²) in [5.74, 6) is 0.154. The van der Waals surface area contributed by atoms with Crippen LogP contribution in [0, 0.1) is 0 Å². The molecule has 5 nitrogen and oxygen atoms in total. The Morgan fingerprint density at radius 3 is 2.71 bits per heavy atom. The average molecular weight is 243 g/mol. The van der Waals surface area contributed by atoms with E-state index in [1.165, 1.54) is 0 Å². The van der Waals surface area contributed by atoms with Crippen LogP contribution in [0.1, 0.15) is 13.8 Å². The molecule has 0 spiro atoms. The molecule has 17 heavy (non-hydrogen) atoms. The highest BCUT2D eigenvalue weighted by Crippen LogP contribution is 1.98. The van der Waals surface area contributed by atoms with Gasteiger partial charge in [0.25, 0.3) is 0 Å². The van der Waals surface area contributed by atoms with Gasteiger partial charge in [0, 0.05) is 39.3 Å². The van der Waals surface area contributed by atoms with Gasteiger partial charge in [0.05, 0.1) is 19.8 Å². The standard InChI is InChI=1S/C12H25N3O2/c1-4-14(3)12(16)9-13-11(2)10-15-5-7-17-8-6-15/h11,13H,4-10H2,1-3H3. The van der Waals surface area contributed by atoms with Crippen LogP contribution in [0.2, 0.25) is 0 Å². The molecule has 0 aromatic heterocycles. The Labute approximate surface area is 104 Å². The Morgan fingerprint density at radius 1 is 1.47 bits per heavy atom. The number of likely N-dealkylation sites (N-methyl/N-ethyl adjacent to an activating group) is 1. The van der Waals surface area contributed by atoms with E-state index in [1.807, 2.05) is 14.0 Å². The predicted octanol–water partition coefficient (Wildman–Crippen LogP) is -0.225. The van der Waals surface area contributed by atoms with E-state index in [4.69, 9.17) is 4.74 Å². The number of nitrogens with zero attached hydrogens (tertiary/aromatic N) is 2. The highest BCUT2D eigenvalue weighted by atomic mass is 16.5. The molecular weight excluding hydrogens is 218 g/mol. The lowest BCUT2D eigenvalue weighted by atomic mass is 10.3. The van der Waals surface area contributed by atoms with Crippen molar-refractivity contribution in [3.63, 3.8) is 0 Å². The van der Waals surface area contributed by atoms with Crippen molar-refractivity contribution in [3.8, 4) is 0 Å². The van der Waals surface area contributed by atoms with E-state index in [0.717, 1.165) is 39.4 Å². The molecule has 1 fully saturated rings. The molecule has 1 aliphatic heterocycles. The van der Waals surface area contributed by atoms with Crippen LogP contribution >= 0.6 is 0 Å². The molecule has 1 saturated heterocycles. The van der Waals surface area contributed by atoms with Crippen molar-refractivity contribution >= 4 is 5.91 Å². The smallest absolute Gasteiger partial charge is 0.236 e. The number of morpholine rings is 1. The molecule has 0 aliphatic carbocycles. The minimum Gasteiger partial charge on any atom is -0.379 e. The summed E-state index contributed by atoms with van der Waals surface area (Å²) in [7, 11) is 1.83. The Hall–Kier alpha value is -0.650. The van der Waals surface area contributed by atoms with E-state index < -0.39 is 0 Å². The third kappa shape index (κ3) is 5.48. The largest absolute Gasteiger partial charge is 0.379 e. The fourth-order valence-electron chi connectivity index (χ4n) is 1.81. The monoisotopic (exact) mass is 243 g/mol. The Balaban J connectivity index is 2.15. The van der Waals surface area contributed by atoms with Crippen molar-refractivity contribution in [3.05, 3.63) is 0 Å². The number of hydrogen-bond donors (Lipinski definition) is 1. The van der Waals surface area contributed by atoms with E-state index >= 15 is 0 Å². The second-order valence-corrected chi connectivity index (χ2v) is 4.60. The zero-order valence-electron chi connectivity index (χ0n) is 11.2. The van der Waals surface area contributed by atoms with Gasteiger partial charge in [0.2, 0.25) is 5.91 Å². The summed E-state index contributed by atoms with van der Waals surface area (Å²) in [6.45, 7) is 9.91. The van der Waals surface area contributed by atoms with Crippen molar-refractivity contribution in [1.82, 2.24) is 15.1 Å². The maximum Gasteiger partial charge on any atom is 0.236 e. The normalized spacial score (nSPS) is 19.0. The second-order valence-electron chi connectivity index (χ2n) is 4.60. The Morgan fingerprint density at radius 2 is 2.12 bits per heavy atom. The number of carbonyl (C=O) groups excluding carboxylic acids is 1. The number of carbonyl (C=O) groups is 1. The summed E-state index contributed by atoms with van der Waals surface area (Å²) < 4.78 is 5.30. The number of nitrogens with one attached hydrogen (secondary N) is 1. The summed E-state index contributed by atoms with van der Waals surface area (Å²) in [5.41, 5.74) is 0. The first kappa shape index (κ1) is 14.4. The summed E-state index contributed by atoms with van der Waals surface area (Å²) in [6, 6.07) is 0.335. The zero-order valence-corrected chi connectivity index (χ0v) is 11.2. The highest BCUT2D eigenvalue weighted by Gasteiger charge is 2.14. The molecule has 0 aromatic rings. The molecule has 5 heteroatoms. The van der Waals surface area contributed by atoms with Crippen LogP contribution in [0.3, 0.4) is 0 Å². The summed E-state index contributed by atoms with van der Waals surface area (Å²) in [6.07, 6.45) is 0. The zero-order chi connectivity index (χ0) is 12.7.